The number of nitrogens with zero attached hydrogens (tertiary/aromatic N) is 3. The van der Waals surface area contributed by atoms with E-state index in [2.05, 4.69) is 21.9 Å². The van der Waals surface area contributed by atoms with Gasteiger partial charge in [0.2, 0.25) is 0 Å². The van der Waals surface area contributed by atoms with Crippen LogP contribution in [0.2, 0.25) is 15.1 Å². The normalized spacial score (nSPS) is 10.7. The number of hydrogen-bond acceptors (Lipinski definition) is 3. The lowest BCUT2D eigenvalue weighted by atomic mass is 10.1. The van der Waals surface area contributed by atoms with Gasteiger partial charge in [0.15, 0.2) is 11.6 Å². The predicted octanol–water partition coefficient (Wildman–Crippen LogP) is 7.02. The molecule has 2 aromatic heterocycles. The lowest BCUT2D eigenvalue weighted by molar-refractivity contribution is 0.629. The summed E-state index contributed by atoms with van der Waals surface area (Å²) >= 11 is 20.3. The maximum absolute atomic E-state index is 14.3. The minimum Gasteiger partial charge on any atom is -0.248 e. The van der Waals surface area contributed by atoms with Gasteiger partial charge in [0, 0.05) is 12.6 Å². The Balaban J connectivity index is 1.75. The lowest BCUT2D eigenvalue weighted by Gasteiger charge is -1.99. The van der Waals surface area contributed by atoms with Crippen LogP contribution in [0.25, 0.3) is 22.1 Å². The number of hydrogen-bond donors (Lipinski definition) is 0. The number of thiophene rings is 1. The van der Waals surface area contributed by atoms with Crippen molar-refractivity contribution in [2.45, 2.75) is 6.92 Å². The van der Waals surface area contributed by atoms with Crippen molar-refractivity contribution >= 4 is 46.1 Å². The largest absolute Gasteiger partial charge is 0.248 e. The van der Waals surface area contributed by atoms with Gasteiger partial charge in [0.25, 0.3) is 0 Å². The molecule has 0 aliphatic rings. The van der Waals surface area contributed by atoms with E-state index in [0.717, 1.165) is 11.1 Å². The lowest BCUT2D eigenvalue weighted by Crippen LogP contribution is -1.93. The Labute approximate surface area is 192 Å². The summed E-state index contributed by atoms with van der Waals surface area (Å²) in [4.78, 5) is 5.68. The van der Waals surface area contributed by atoms with E-state index in [0.29, 0.717) is 25.6 Å². The quantitative estimate of drug-likeness (QED) is 0.291. The summed E-state index contributed by atoms with van der Waals surface area (Å²) in [6.45, 7) is 2.02. The molecule has 150 valence electrons. The van der Waals surface area contributed by atoms with Crippen molar-refractivity contribution < 1.29 is 4.39 Å². The second-order valence-electron chi connectivity index (χ2n) is 6.48. The van der Waals surface area contributed by atoms with Crippen molar-refractivity contribution in [1.29, 1.82) is 0 Å². The molecule has 0 bridgehead atoms. The summed E-state index contributed by atoms with van der Waals surface area (Å²) in [6.07, 6.45) is 0. The van der Waals surface area contributed by atoms with E-state index in [1.54, 1.807) is 13.1 Å². The zero-order chi connectivity index (χ0) is 21.4. The van der Waals surface area contributed by atoms with E-state index in [1.807, 2.05) is 31.2 Å². The minimum absolute atomic E-state index is 0.138. The molecule has 0 N–H and O–H groups in total. The zero-order valence-electron chi connectivity index (χ0n) is 15.8. The first-order valence-electron chi connectivity index (χ1n) is 8.77. The summed E-state index contributed by atoms with van der Waals surface area (Å²) in [7, 11) is 1.70. The molecule has 0 saturated carbocycles. The first kappa shape index (κ1) is 20.9. The molecule has 30 heavy (non-hydrogen) atoms. The van der Waals surface area contributed by atoms with Gasteiger partial charge in [-0.15, -0.1) is 11.3 Å². The summed E-state index contributed by atoms with van der Waals surface area (Å²) in [6, 6.07) is 12.3. The average molecular weight is 477 g/mol. The SMILES string of the molecule is Cc1ccc(C#Cc2sc(-c3nc(-c4c(F)cccc4Cl)nn3C)c(Cl)c2Cl)cc1. The van der Waals surface area contributed by atoms with Crippen LogP contribution < -0.4 is 0 Å². The maximum Gasteiger partial charge on any atom is 0.186 e. The van der Waals surface area contributed by atoms with Crippen LogP contribution in [-0.4, -0.2) is 14.8 Å². The highest BCUT2D eigenvalue weighted by Crippen LogP contribution is 2.43. The molecule has 2 aromatic carbocycles. The number of halogens is 4. The molecule has 0 amide bonds. The summed E-state index contributed by atoms with van der Waals surface area (Å²) in [5, 5.41) is 5.22. The molecule has 0 saturated heterocycles. The highest BCUT2D eigenvalue weighted by Gasteiger charge is 2.22. The Kier molecular flexibility index (Phi) is 5.86. The Morgan fingerprint density at radius 2 is 1.73 bits per heavy atom. The molecule has 0 aliphatic heterocycles. The third kappa shape index (κ3) is 3.97. The fourth-order valence-electron chi connectivity index (χ4n) is 2.78. The van der Waals surface area contributed by atoms with Crippen molar-refractivity contribution in [2.24, 2.45) is 7.05 Å². The number of aryl methyl sites for hydroxylation is 2. The molecule has 4 rings (SSSR count). The van der Waals surface area contributed by atoms with Crippen molar-refractivity contribution in [3.05, 3.63) is 79.4 Å². The van der Waals surface area contributed by atoms with Gasteiger partial charge in [0.05, 0.1) is 30.4 Å². The third-order valence-electron chi connectivity index (χ3n) is 4.32. The Morgan fingerprint density at radius 1 is 1.00 bits per heavy atom. The van der Waals surface area contributed by atoms with Gasteiger partial charge >= 0.3 is 0 Å². The van der Waals surface area contributed by atoms with E-state index < -0.39 is 5.82 Å². The highest BCUT2D eigenvalue weighted by molar-refractivity contribution is 7.17. The van der Waals surface area contributed by atoms with Gasteiger partial charge in [-0.25, -0.2) is 14.1 Å². The molecule has 0 atom stereocenters. The van der Waals surface area contributed by atoms with Crippen molar-refractivity contribution in [1.82, 2.24) is 14.8 Å². The molecule has 3 nitrogen and oxygen atoms in total. The van der Waals surface area contributed by atoms with Gasteiger partial charge in [0.1, 0.15) is 5.82 Å². The first-order chi connectivity index (χ1) is 14.3. The molecular formula is C22H13Cl3FN3S. The Hall–Kier alpha value is -2.36. The Bertz CT molecular complexity index is 1290. The van der Waals surface area contributed by atoms with E-state index >= 15 is 0 Å². The van der Waals surface area contributed by atoms with Gasteiger partial charge < -0.3 is 0 Å². The molecule has 8 heteroatoms. The van der Waals surface area contributed by atoms with Gasteiger partial charge in [-0.2, -0.15) is 5.10 Å². The second-order valence-corrected chi connectivity index (χ2v) is 8.67. The van der Waals surface area contributed by atoms with E-state index in [1.165, 1.54) is 28.2 Å². The monoisotopic (exact) mass is 475 g/mol. The molecule has 2 heterocycles. The smallest absolute Gasteiger partial charge is 0.186 e. The summed E-state index contributed by atoms with van der Waals surface area (Å²) < 4.78 is 15.8. The van der Waals surface area contributed by atoms with Crippen LogP contribution in [0.4, 0.5) is 4.39 Å². The van der Waals surface area contributed by atoms with Crippen LogP contribution in [0.3, 0.4) is 0 Å². The minimum atomic E-state index is -0.500. The molecule has 4 aromatic rings. The molecular weight excluding hydrogens is 464 g/mol. The predicted molar refractivity (Wildman–Crippen MR) is 122 cm³/mol. The summed E-state index contributed by atoms with van der Waals surface area (Å²) in [5.41, 5.74) is 2.17. The molecule has 0 aliphatic carbocycles. The van der Waals surface area contributed by atoms with E-state index in [4.69, 9.17) is 34.8 Å². The van der Waals surface area contributed by atoms with E-state index in [-0.39, 0.29) is 16.4 Å². The average Bonchev–Trinajstić information content (AvgIpc) is 3.21. The fraction of sp³-hybridized carbons (Fsp3) is 0.0909. The topological polar surface area (TPSA) is 30.7 Å². The van der Waals surface area contributed by atoms with Crippen LogP contribution >= 0.6 is 46.1 Å². The fourth-order valence-corrected chi connectivity index (χ4v) is 4.65. The van der Waals surface area contributed by atoms with Crippen molar-refractivity contribution in [2.75, 3.05) is 0 Å². The second kappa shape index (κ2) is 8.41. The molecule has 0 unspecified atom stereocenters. The van der Waals surface area contributed by atoms with E-state index in [9.17, 15) is 4.39 Å². The zero-order valence-corrected chi connectivity index (χ0v) is 18.9. The van der Waals surface area contributed by atoms with Crippen LogP contribution in [0.1, 0.15) is 16.0 Å². The van der Waals surface area contributed by atoms with Crippen LogP contribution in [0.15, 0.2) is 42.5 Å². The Morgan fingerprint density at radius 3 is 2.43 bits per heavy atom. The van der Waals surface area contributed by atoms with Gasteiger partial charge in [-0.1, -0.05) is 64.5 Å². The molecule has 0 spiro atoms. The summed E-state index contributed by atoms with van der Waals surface area (Å²) in [5.74, 6) is 6.28. The standard InChI is InChI=1S/C22H13Cl3FN3S/c1-12-6-8-13(9-7-12)10-11-16-18(24)19(25)20(30-16)22-27-21(28-29(22)2)17-14(23)4-3-5-15(17)26/h3-9H,1-2H3. The number of benzene rings is 2. The first-order valence-corrected chi connectivity index (χ1v) is 10.7. The van der Waals surface area contributed by atoms with Crippen molar-refractivity contribution in [3.63, 3.8) is 0 Å². The van der Waals surface area contributed by atoms with Crippen molar-refractivity contribution in [3.8, 4) is 33.9 Å². The maximum atomic E-state index is 14.3. The molecule has 0 radical (unpaired) electrons. The van der Waals surface area contributed by atoms with Crippen LogP contribution in [0, 0.1) is 24.6 Å². The number of aromatic nitrogens is 3. The highest BCUT2D eigenvalue weighted by atomic mass is 35.5. The van der Waals surface area contributed by atoms with Gasteiger partial charge in [-0.3, -0.25) is 0 Å². The van der Waals surface area contributed by atoms with Crippen LogP contribution in [0.5, 0.6) is 0 Å². The third-order valence-corrected chi connectivity index (χ3v) is 6.81. The van der Waals surface area contributed by atoms with Gasteiger partial charge in [-0.05, 0) is 37.1 Å². The van der Waals surface area contributed by atoms with Crippen LogP contribution in [-0.2, 0) is 7.05 Å². The molecule has 0 fully saturated rings. The number of rotatable bonds is 2.